The topological polar surface area (TPSA) is 75.4 Å². The zero-order valence-corrected chi connectivity index (χ0v) is 12.5. The smallest absolute Gasteiger partial charge is 0.226 e. The molecule has 0 spiro atoms. The molecule has 2 amide bonds. The molecule has 0 unspecified atom stereocenters. The quantitative estimate of drug-likeness (QED) is 0.835. The van der Waals surface area contributed by atoms with E-state index >= 15 is 0 Å². The first kappa shape index (κ1) is 15.4. The molecule has 0 radical (unpaired) electrons. The normalized spacial score (nSPS) is 15.7. The lowest BCUT2D eigenvalue weighted by Crippen LogP contribution is -2.33. The first-order valence-corrected chi connectivity index (χ1v) is 7.50. The van der Waals surface area contributed by atoms with E-state index < -0.39 is 0 Å². The summed E-state index contributed by atoms with van der Waals surface area (Å²) in [7, 11) is 0. The minimum Gasteiger partial charge on any atom is -0.399 e. The molecular formula is C16H23N3O2. The van der Waals surface area contributed by atoms with Crippen molar-refractivity contribution in [2.24, 2.45) is 0 Å². The highest BCUT2D eigenvalue weighted by atomic mass is 16.2. The number of carbonyl (C=O) groups is 2. The van der Waals surface area contributed by atoms with Crippen LogP contribution in [0.4, 0.5) is 11.4 Å². The van der Waals surface area contributed by atoms with Crippen LogP contribution in [0.5, 0.6) is 0 Å². The van der Waals surface area contributed by atoms with Gasteiger partial charge in [0, 0.05) is 37.3 Å². The predicted octanol–water partition coefficient (Wildman–Crippen LogP) is 2.31. The molecule has 1 fully saturated rings. The van der Waals surface area contributed by atoms with Crippen molar-refractivity contribution in [2.45, 2.75) is 39.0 Å². The molecule has 2 rings (SSSR count). The lowest BCUT2D eigenvalue weighted by atomic mass is 10.1. The van der Waals surface area contributed by atoms with Crippen molar-refractivity contribution in [1.29, 1.82) is 0 Å². The van der Waals surface area contributed by atoms with Gasteiger partial charge in [0.2, 0.25) is 11.8 Å². The Hall–Kier alpha value is -2.04. The van der Waals surface area contributed by atoms with Crippen molar-refractivity contribution in [1.82, 2.24) is 4.90 Å². The molecule has 1 aliphatic rings. The van der Waals surface area contributed by atoms with E-state index in [0.717, 1.165) is 37.1 Å². The maximum atomic E-state index is 12.0. The molecule has 5 nitrogen and oxygen atoms in total. The number of hydrogen-bond donors (Lipinski definition) is 2. The Balaban J connectivity index is 1.85. The minimum atomic E-state index is -0.0695. The summed E-state index contributed by atoms with van der Waals surface area (Å²) in [6.07, 6.45) is 4.03. The van der Waals surface area contributed by atoms with Crippen LogP contribution in [-0.4, -0.2) is 29.8 Å². The molecule has 0 aromatic heterocycles. The van der Waals surface area contributed by atoms with Crippen molar-refractivity contribution in [2.75, 3.05) is 24.1 Å². The van der Waals surface area contributed by atoms with Crippen LogP contribution in [0.2, 0.25) is 0 Å². The number of aryl methyl sites for hydroxylation is 1. The fourth-order valence-corrected chi connectivity index (χ4v) is 2.55. The van der Waals surface area contributed by atoms with Gasteiger partial charge < -0.3 is 16.0 Å². The molecule has 1 aromatic carbocycles. The Labute approximate surface area is 125 Å². The minimum absolute atomic E-state index is 0.0695. The lowest BCUT2D eigenvalue weighted by Gasteiger charge is -2.20. The van der Waals surface area contributed by atoms with E-state index in [4.69, 9.17) is 5.73 Å². The van der Waals surface area contributed by atoms with Crippen LogP contribution in [0.1, 0.15) is 37.7 Å². The third kappa shape index (κ3) is 4.48. The van der Waals surface area contributed by atoms with Gasteiger partial charge in [-0.1, -0.05) is 6.42 Å². The fourth-order valence-electron chi connectivity index (χ4n) is 2.55. The highest BCUT2D eigenvalue weighted by Gasteiger charge is 2.17. The number of rotatable bonds is 4. The summed E-state index contributed by atoms with van der Waals surface area (Å²) in [6.45, 7) is 3.18. The van der Waals surface area contributed by atoms with Gasteiger partial charge in [0.25, 0.3) is 0 Å². The number of nitrogen functional groups attached to an aromatic ring is 1. The number of anilines is 2. The van der Waals surface area contributed by atoms with E-state index in [1.54, 1.807) is 12.1 Å². The molecule has 3 N–H and O–H groups in total. The van der Waals surface area contributed by atoms with Gasteiger partial charge in [-0.3, -0.25) is 9.59 Å². The Morgan fingerprint density at radius 3 is 2.90 bits per heavy atom. The Bertz CT molecular complexity index is 528. The van der Waals surface area contributed by atoms with Gasteiger partial charge in [-0.05, 0) is 43.5 Å². The summed E-state index contributed by atoms with van der Waals surface area (Å²) in [4.78, 5) is 25.7. The predicted molar refractivity (Wildman–Crippen MR) is 83.9 cm³/mol. The highest BCUT2D eigenvalue weighted by molar-refractivity contribution is 5.92. The van der Waals surface area contributed by atoms with E-state index in [1.165, 1.54) is 0 Å². The third-order valence-electron chi connectivity index (χ3n) is 3.80. The molecule has 21 heavy (non-hydrogen) atoms. The molecule has 1 aliphatic heterocycles. The summed E-state index contributed by atoms with van der Waals surface area (Å²) < 4.78 is 0. The first-order chi connectivity index (χ1) is 10.1. The van der Waals surface area contributed by atoms with Gasteiger partial charge in [-0.25, -0.2) is 0 Å². The zero-order chi connectivity index (χ0) is 15.2. The summed E-state index contributed by atoms with van der Waals surface area (Å²) in [5.41, 5.74) is 8.08. The highest BCUT2D eigenvalue weighted by Crippen LogP contribution is 2.18. The number of likely N-dealkylation sites (tertiary alicyclic amines) is 1. The van der Waals surface area contributed by atoms with E-state index in [1.807, 2.05) is 17.9 Å². The molecule has 0 saturated carbocycles. The van der Waals surface area contributed by atoms with Crippen molar-refractivity contribution in [3.8, 4) is 0 Å². The van der Waals surface area contributed by atoms with E-state index in [0.29, 0.717) is 25.1 Å². The summed E-state index contributed by atoms with van der Waals surface area (Å²) in [6, 6.07) is 5.40. The van der Waals surface area contributed by atoms with Gasteiger partial charge in [0.1, 0.15) is 0 Å². The SMILES string of the molecule is Cc1cc(N)ccc1NC(=O)CCN1CCCCCC1=O. The summed E-state index contributed by atoms with van der Waals surface area (Å²) in [5, 5.41) is 2.87. The Morgan fingerprint density at radius 1 is 1.33 bits per heavy atom. The molecule has 1 heterocycles. The number of nitrogens with one attached hydrogen (secondary N) is 1. The second-order valence-corrected chi connectivity index (χ2v) is 5.56. The average Bonchev–Trinajstić information content (AvgIpc) is 2.64. The lowest BCUT2D eigenvalue weighted by molar-refractivity contribution is -0.131. The molecular weight excluding hydrogens is 266 g/mol. The van der Waals surface area contributed by atoms with Gasteiger partial charge in [-0.2, -0.15) is 0 Å². The van der Waals surface area contributed by atoms with Crippen molar-refractivity contribution in [3.05, 3.63) is 23.8 Å². The fraction of sp³-hybridized carbons (Fsp3) is 0.500. The van der Waals surface area contributed by atoms with Gasteiger partial charge in [0.15, 0.2) is 0 Å². The van der Waals surface area contributed by atoms with E-state index in [-0.39, 0.29) is 11.8 Å². The van der Waals surface area contributed by atoms with E-state index in [2.05, 4.69) is 5.32 Å². The van der Waals surface area contributed by atoms with Gasteiger partial charge in [-0.15, -0.1) is 0 Å². The monoisotopic (exact) mass is 289 g/mol. The molecule has 0 atom stereocenters. The third-order valence-corrected chi connectivity index (χ3v) is 3.80. The van der Waals surface area contributed by atoms with Crippen LogP contribution >= 0.6 is 0 Å². The first-order valence-electron chi connectivity index (χ1n) is 7.50. The Kier molecular flexibility index (Phi) is 5.20. The largest absolute Gasteiger partial charge is 0.399 e. The van der Waals surface area contributed by atoms with E-state index in [9.17, 15) is 9.59 Å². The zero-order valence-electron chi connectivity index (χ0n) is 12.5. The van der Waals surface area contributed by atoms with Gasteiger partial charge in [0.05, 0.1) is 0 Å². The number of hydrogen-bond acceptors (Lipinski definition) is 3. The van der Waals surface area contributed by atoms with Crippen LogP contribution in [-0.2, 0) is 9.59 Å². The van der Waals surface area contributed by atoms with Crippen LogP contribution in [0.25, 0.3) is 0 Å². The van der Waals surface area contributed by atoms with Crippen molar-refractivity contribution >= 4 is 23.2 Å². The maximum Gasteiger partial charge on any atom is 0.226 e. The number of nitrogens with zero attached hydrogens (tertiary/aromatic N) is 1. The number of nitrogens with two attached hydrogens (primary N) is 1. The van der Waals surface area contributed by atoms with Crippen molar-refractivity contribution < 1.29 is 9.59 Å². The summed E-state index contributed by atoms with van der Waals surface area (Å²) >= 11 is 0. The Morgan fingerprint density at radius 2 is 2.14 bits per heavy atom. The second kappa shape index (κ2) is 7.11. The van der Waals surface area contributed by atoms with Crippen LogP contribution in [0, 0.1) is 6.92 Å². The van der Waals surface area contributed by atoms with Crippen LogP contribution in [0.15, 0.2) is 18.2 Å². The number of benzene rings is 1. The van der Waals surface area contributed by atoms with Crippen molar-refractivity contribution in [3.63, 3.8) is 0 Å². The summed E-state index contributed by atoms with van der Waals surface area (Å²) in [5.74, 6) is 0.101. The molecule has 0 bridgehead atoms. The van der Waals surface area contributed by atoms with Crippen LogP contribution < -0.4 is 11.1 Å². The number of carbonyl (C=O) groups excluding carboxylic acids is 2. The molecule has 114 valence electrons. The molecule has 0 aliphatic carbocycles. The average molecular weight is 289 g/mol. The van der Waals surface area contributed by atoms with Gasteiger partial charge >= 0.3 is 0 Å². The molecule has 1 saturated heterocycles. The second-order valence-electron chi connectivity index (χ2n) is 5.56. The maximum absolute atomic E-state index is 12.0. The standard InChI is InChI=1S/C16H23N3O2/c1-12-11-13(17)6-7-14(12)18-15(20)8-10-19-9-4-2-3-5-16(19)21/h6-7,11H,2-5,8-10,17H2,1H3,(H,18,20). The molecule has 1 aromatic rings. The molecule has 5 heteroatoms. The number of amides is 2. The van der Waals surface area contributed by atoms with Crippen LogP contribution in [0.3, 0.4) is 0 Å².